The second-order valence-corrected chi connectivity index (χ2v) is 11.2. The summed E-state index contributed by atoms with van der Waals surface area (Å²) in [6, 6.07) is 14.2. The summed E-state index contributed by atoms with van der Waals surface area (Å²) >= 11 is 0. The maximum Gasteiger partial charge on any atom is 0.211 e. The molecule has 3 aromatic rings. The van der Waals surface area contributed by atoms with Gasteiger partial charge < -0.3 is 9.84 Å². The van der Waals surface area contributed by atoms with E-state index in [9.17, 15) is 26.7 Å². The van der Waals surface area contributed by atoms with E-state index in [1.54, 1.807) is 30.3 Å². The quantitative estimate of drug-likeness (QED) is 0.564. The molecule has 3 aromatic carbocycles. The number of carbonyl (C=O) groups is 1. The number of benzene rings is 3. The van der Waals surface area contributed by atoms with Crippen molar-refractivity contribution in [3.8, 4) is 5.75 Å². The minimum Gasteiger partial charge on any atom is -0.506 e. The van der Waals surface area contributed by atoms with Crippen molar-refractivity contribution in [2.45, 2.75) is 9.79 Å². The number of aliphatic hydroxyl groups is 1. The van der Waals surface area contributed by atoms with Crippen LogP contribution in [-0.2, 0) is 19.7 Å². The number of carbonyl (C=O) groups excluding carboxylic acids is 1. The van der Waals surface area contributed by atoms with Crippen molar-refractivity contribution in [1.82, 2.24) is 0 Å². The molecule has 2 heterocycles. The Kier molecular flexibility index (Phi) is 4.59. The molecule has 0 fully saturated rings. The largest absolute Gasteiger partial charge is 0.506 e. The van der Waals surface area contributed by atoms with E-state index < -0.39 is 41.0 Å². The van der Waals surface area contributed by atoms with E-state index in [2.05, 4.69) is 0 Å². The predicted octanol–water partition coefficient (Wildman–Crippen LogP) is 3.97. The zero-order valence-corrected chi connectivity index (χ0v) is 18.8. The van der Waals surface area contributed by atoms with Crippen molar-refractivity contribution in [2.75, 3.05) is 7.11 Å². The minimum atomic E-state index is -4.11. The molecule has 0 spiro atoms. The normalized spacial score (nSPS) is 19.4. The molecular formula is C24H16O7S2. The molecule has 0 radical (unpaired) electrons. The lowest BCUT2D eigenvalue weighted by Gasteiger charge is -2.03. The number of Topliss-reactive ketones (excluding diaryl/α,β-unsaturated/α-hetero) is 1. The van der Waals surface area contributed by atoms with E-state index in [4.69, 9.17) is 4.74 Å². The first-order valence-electron chi connectivity index (χ1n) is 9.74. The number of fused-ring (bicyclic) bond motifs is 4. The average Bonchev–Trinajstić information content (AvgIpc) is 3.12. The van der Waals surface area contributed by atoms with E-state index in [1.807, 2.05) is 0 Å². The van der Waals surface area contributed by atoms with Gasteiger partial charge in [-0.1, -0.05) is 36.4 Å². The van der Waals surface area contributed by atoms with Gasteiger partial charge in [0, 0.05) is 16.5 Å². The van der Waals surface area contributed by atoms with Crippen LogP contribution in [0.15, 0.2) is 92.4 Å². The van der Waals surface area contributed by atoms with Crippen molar-refractivity contribution >= 4 is 42.0 Å². The zero-order valence-electron chi connectivity index (χ0n) is 17.1. The molecule has 0 aliphatic carbocycles. The first-order valence-corrected chi connectivity index (χ1v) is 12.7. The number of ketones is 1. The highest BCUT2D eigenvalue weighted by Gasteiger charge is 2.40. The molecule has 1 N–H and O–H groups in total. The summed E-state index contributed by atoms with van der Waals surface area (Å²) in [4.78, 5) is 11.8. The second-order valence-electron chi connectivity index (χ2n) is 7.46. The van der Waals surface area contributed by atoms with Crippen molar-refractivity contribution in [3.05, 3.63) is 93.8 Å². The summed E-state index contributed by atoms with van der Waals surface area (Å²) < 4.78 is 57.1. The van der Waals surface area contributed by atoms with E-state index in [0.717, 1.165) is 18.2 Å². The van der Waals surface area contributed by atoms with E-state index in [0.29, 0.717) is 16.5 Å². The fraction of sp³-hybridized carbons (Fsp3) is 0.0417. The summed E-state index contributed by atoms with van der Waals surface area (Å²) in [5, 5.41) is 11.6. The lowest BCUT2D eigenvalue weighted by Crippen LogP contribution is -2.02. The van der Waals surface area contributed by atoms with E-state index in [-0.39, 0.29) is 20.9 Å². The molecule has 5 rings (SSSR count). The van der Waals surface area contributed by atoms with Crippen LogP contribution in [0.4, 0.5) is 0 Å². The highest BCUT2D eigenvalue weighted by Crippen LogP contribution is 2.41. The van der Waals surface area contributed by atoms with Crippen molar-refractivity contribution in [2.24, 2.45) is 0 Å². The molecule has 0 bridgehead atoms. The molecule has 0 amide bonds. The fourth-order valence-electron chi connectivity index (χ4n) is 4.06. The van der Waals surface area contributed by atoms with Gasteiger partial charge in [0.1, 0.15) is 21.3 Å². The number of sulfone groups is 2. The van der Waals surface area contributed by atoms with Gasteiger partial charge in [0.2, 0.25) is 25.5 Å². The lowest BCUT2D eigenvalue weighted by molar-refractivity contribution is 0.104. The zero-order chi connectivity index (χ0) is 23.5. The second kappa shape index (κ2) is 7.16. The molecule has 7 nitrogen and oxygen atoms in total. The predicted molar refractivity (Wildman–Crippen MR) is 122 cm³/mol. The number of methoxy groups -OCH3 is 1. The van der Waals surface area contributed by atoms with Crippen LogP contribution in [-0.4, -0.2) is 34.8 Å². The topological polar surface area (TPSA) is 115 Å². The van der Waals surface area contributed by atoms with Gasteiger partial charge >= 0.3 is 0 Å². The average molecular weight is 481 g/mol. The number of aliphatic hydroxyl groups excluding tert-OH is 1. The number of rotatable bonds is 3. The highest BCUT2D eigenvalue weighted by molar-refractivity contribution is 7.97. The first-order chi connectivity index (χ1) is 15.7. The van der Waals surface area contributed by atoms with E-state index >= 15 is 0 Å². The smallest absolute Gasteiger partial charge is 0.211 e. The van der Waals surface area contributed by atoms with Gasteiger partial charge in [-0.3, -0.25) is 4.79 Å². The number of hydrogen-bond acceptors (Lipinski definition) is 7. The summed E-state index contributed by atoms with van der Waals surface area (Å²) in [5.41, 5.74) is 0.190. The summed E-state index contributed by atoms with van der Waals surface area (Å²) in [7, 11) is -6.76. The SMILES string of the molecule is COc1ccc2c(c1)S(=O)(=O)C(C=CC=C1C(=O)c3ccc4ccccc4c3S1(=O)=O)=C2O. The van der Waals surface area contributed by atoms with Gasteiger partial charge in [0.15, 0.2) is 0 Å². The van der Waals surface area contributed by atoms with Gasteiger partial charge in [-0.25, -0.2) is 16.8 Å². The Morgan fingerprint density at radius 1 is 0.909 bits per heavy atom. The molecule has 0 saturated heterocycles. The Morgan fingerprint density at radius 2 is 1.64 bits per heavy atom. The Morgan fingerprint density at radius 3 is 2.39 bits per heavy atom. The Hall–Kier alpha value is -3.69. The molecule has 0 unspecified atom stereocenters. The first kappa shape index (κ1) is 21.2. The Bertz CT molecular complexity index is 1690. The number of allylic oxidation sites excluding steroid dienone is 4. The van der Waals surface area contributed by atoms with Crippen LogP contribution in [0.3, 0.4) is 0 Å². The number of hydrogen-bond donors (Lipinski definition) is 1. The Balaban J connectivity index is 1.58. The lowest BCUT2D eigenvalue weighted by atomic mass is 10.0. The van der Waals surface area contributed by atoms with Crippen LogP contribution >= 0.6 is 0 Å². The maximum atomic E-state index is 13.2. The number of ether oxygens (including phenoxy) is 1. The molecule has 33 heavy (non-hydrogen) atoms. The fourth-order valence-corrected chi connectivity index (χ4v) is 7.40. The van der Waals surface area contributed by atoms with Crippen LogP contribution < -0.4 is 4.74 Å². The van der Waals surface area contributed by atoms with Gasteiger partial charge in [-0.05, 0) is 41.8 Å². The van der Waals surface area contributed by atoms with Crippen molar-refractivity contribution < 1.29 is 31.5 Å². The summed E-state index contributed by atoms with van der Waals surface area (Å²) in [5.74, 6) is -0.816. The third kappa shape index (κ3) is 2.96. The summed E-state index contributed by atoms with van der Waals surface area (Å²) in [6.07, 6.45) is 3.28. The van der Waals surface area contributed by atoms with Gasteiger partial charge in [-0.15, -0.1) is 0 Å². The minimum absolute atomic E-state index is 0.0553. The van der Waals surface area contributed by atoms with Gasteiger partial charge in [0.05, 0.1) is 16.9 Å². The molecular weight excluding hydrogens is 464 g/mol. The molecule has 2 aliphatic heterocycles. The van der Waals surface area contributed by atoms with Crippen LogP contribution in [0.2, 0.25) is 0 Å². The molecule has 0 saturated carbocycles. The third-order valence-electron chi connectivity index (χ3n) is 5.66. The summed E-state index contributed by atoms with van der Waals surface area (Å²) in [6.45, 7) is 0. The molecule has 0 atom stereocenters. The molecule has 9 heteroatoms. The highest BCUT2D eigenvalue weighted by atomic mass is 32.2. The van der Waals surface area contributed by atoms with Gasteiger partial charge in [0.25, 0.3) is 0 Å². The monoisotopic (exact) mass is 480 g/mol. The van der Waals surface area contributed by atoms with E-state index in [1.165, 1.54) is 31.4 Å². The molecule has 0 aromatic heterocycles. The van der Waals surface area contributed by atoms with Crippen LogP contribution in [0, 0.1) is 0 Å². The standard InChI is InChI=1S/C24H16O7S2/c1-31-15-10-12-17-21(13-15)32(27,28)19(22(17)25)7-4-8-20-23(26)18-11-9-14-5-2-3-6-16(14)24(18)33(20,29)30/h2-13,25H,1H3. The van der Waals surface area contributed by atoms with Gasteiger partial charge in [-0.2, -0.15) is 0 Å². The van der Waals surface area contributed by atoms with Crippen LogP contribution in [0.25, 0.3) is 16.5 Å². The molecule has 166 valence electrons. The van der Waals surface area contributed by atoms with Crippen molar-refractivity contribution in [1.29, 1.82) is 0 Å². The van der Waals surface area contributed by atoms with Crippen LogP contribution in [0.5, 0.6) is 5.75 Å². The third-order valence-corrected chi connectivity index (χ3v) is 9.36. The van der Waals surface area contributed by atoms with Crippen molar-refractivity contribution in [3.63, 3.8) is 0 Å². The van der Waals surface area contributed by atoms with Crippen LogP contribution in [0.1, 0.15) is 15.9 Å². The Labute approximate surface area is 189 Å². The maximum absolute atomic E-state index is 13.2. The molecule has 2 aliphatic rings.